The lowest BCUT2D eigenvalue weighted by molar-refractivity contribution is 0.653. The van der Waals surface area contributed by atoms with Gasteiger partial charge in [0.1, 0.15) is 11.3 Å². The fourth-order valence-electron chi connectivity index (χ4n) is 2.25. The molecule has 0 radical (unpaired) electrons. The highest BCUT2D eigenvalue weighted by Crippen LogP contribution is 2.25. The van der Waals surface area contributed by atoms with Gasteiger partial charge in [-0.2, -0.15) is 0 Å². The summed E-state index contributed by atoms with van der Waals surface area (Å²) in [6.07, 6.45) is 0.759. The number of nitrogens with zero attached hydrogens (tertiary/aromatic N) is 2. The van der Waals surface area contributed by atoms with Crippen molar-refractivity contribution in [2.75, 3.05) is 0 Å². The second-order valence-electron chi connectivity index (χ2n) is 4.67. The van der Waals surface area contributed by atoms with Gasteiger partial charge >= 0.3 is 5.69 Å². The summed E-state index contributed by atoms with van der Waals surface area (Å²) in [6, 6.07) is 7.19. The second-order valence-corrected chi connectivity index (χ2v) is 5.08. The minimum absolute atomic E-state index is 0.276. The number of benzene rings is 1. The molecule has 3 aromatic rings. The van der Waals surface area contributed by atoms with Crippen LogP contribution in [0.15, 0.2) is 33.9 Å². The van der Waals surface area contributed by atoms with E-state index in [0.29, 0.717) is 28.6 Å². The zero-order valence-electron chi connectivity index (χ0n) is 11.3. The third-order valence-electron chi connectivity index (χ3n) is 3.21. The van der Waals surface area contributed by atoms with Crippen molar-refractivity contribution in [1.29, 1.82) is 0 Å². The molecule has 108 valence electrons. The number of aryl methyl sites for hydroxylation is 1. The van der Waals surface area contributed by atoms with Crippen molar-refractivity contribution < 1.29 is 0 Å². The molecule has 0 saturated carbocycles. The zero-order valence-corrected chi connectivity index (χ0v) is 12.1. The van der Waals surface area contributed by atoms with Gasteiger partial charge in [0.25, 0.3) is 5.56 Å². The van der Waals surface area contributed by atoms with E-state index in [2.05, 4.69) is 15.0 Å². The number of fused-ring (bicyclic) bond motifs is 1. The summed E-state index contributed by atoms with van der Waals surface area (Å²) in [7, 11) is 0. The molecule has 0 unspecified atom stereocenters. The maximum Gasteiger partial charge on any atom is 0.330 e. The number of halogens is 1. The van der Waals surface area contributed by atoms with E-state index in [-0.39, 0.29) is 5.52 Å². The van der Waals surface area contributed by atoms with Crippen LogP contribution in [0.1, 0.15) is 13.3 Å². The number of rotatable bonds is 3. The van der Waals surface area contributed by atoms with Crippen LogP contribution in [0.2, 0.25) is 5.02 Å². The van der Waals surface area contributed by atoms with Gasteiger partial charge in [0.05, 0.1) is 5.02 Å². The van der Waals surface area contributed by atoms with Crippen LogP contribution < -0.4 is 11.2 Å². The quantitative estimate of drug-likeness (QED) is 0.777. The average Bonchev–Trinajstić information content (AvgIpc) is 2.89. The van der Waals surface area contributed by atoms with E-state index in [0.717, 1.165) is 6.42 Å². The highest BCUT2D eigenvalue weighted by molar-refractivity contribution is 6.33. The van der Waals surface area contributed by atoms with Crippen molar-refractivity contribution >= 4 is 22.8 Å². The summed E-state index contributed by atoms with van der Waals surface area (Å²) in [5.41, 5.74) is 0.378. The number of aromatic amines is 2. The van der Waals surface area contributed by atoms with Crippen molar-refractivity contribution in [2.45, 2.75) is 19.9 Å². The Labute approximate surface area is 124 Å². The van der Waals surface area contributed by atoms with Gasteiger partial charge in [0.2, 0.25) is 0 Å². The molecule has 0 aliphatic rings. The lowest BCUT2D eigenvalue weighted by Crippen LogP contribution is -2.30. The van der Waals surface area contributed by atoms with Crippen molar-refractivity contribution in [3.63, 3.8) is 0 Å². The van der Waals surface area contributed by atoms with Crippen LogP contribution >= 0.6 is 11.6 Å². The monoisotopic (exact) mass is 304 g/mol. The first kappa shape index (κ1) is 13.6. The smallest absolute Gasteiger partial charge is 0.330 e. The number of hydrogen-bond acceptors (Lipinski definition) is 3. The summed E-state index contributed by atoms with van der Waals surface area (Å²) in [4.78, 5) is 33.4. The maximum absolute atomic E-state index is 11.9. The van der Waals surface area contributed by atoms with Gasteiger partial charge in [-0.1, -0.05) is 30.7 Å². The molecule has 6 nitrogen and oxygen atoms in total. The molecular weight excluding hydrogens is 292 g/mol. The minimum Gasteiger partial charge on any atom is -0.332 e. The molecule has 2 N–H and O–H groups in total. The molecule has 2 heterocycles. The molecule has 1 aromatic carbocycles. The normalized spacial score (nSPS) is 11.1. The van der Waals surface area contributed by atoms with Crippen LogP contribution in [0, 0.1) is 0 Å². The second kappa shape index (κ2) is 5.21. The summed E-state index contributed by atoms with van der Waals surface area (Å²) in [5.74, 6) is 0.469. The Hall–Kier alpha value is -2.34. The van der Waals surface area contributed by atoms with E-state index in [1.807, 2.05) is 19.1 Å². The predicted octanol–water partition coefficient (Wildman–Crippen LogP) is 2.14. The Morgan fingerprint density at radius 2 is 2.00 bits per heavy atom. The van der Waals surface area contributed by atoms with Crippen LogP contribution in [0.3, 0.4) is 0 Å². The topological polar surface area (TPSA) is 83.5 Å². The van der Waals surface area contributed by atoms with Crippen LogP contribution in [-0.4, -0.2) is 19.5 Å². The van der Waals surface area contributed by atoms with Crippen LogP contribution in [-0.2, 0) is 6.54 Å². The molecule has 0 atom stereocenters. The molecular formula is C14H13ClN4O2. The van der Waals surface area contributed by atoms with Gasteiger partial charge < -0.3 is 4.98 Å². The summed E-state index contributed by atoms with van der Waals surface area (Å²) in [5, 5.41) is 0.525. The first-order valence-corrected chi connectivity index (χ1v) is 6.97. The SMILES string of the molecule is CCCn1c(=O)[nH]c(=O)c2[nH]c(-c3ccccc3Cl)nc21. The Balaban J connectivity index is 2.32. The molecule has 0 bridgehead atoms. The van der Waals surface area contributed by atoms with Gasteiger partial charge in [-0.05, 0) is 18.6 Å². The van der Waals surface area contributed by atoms with Gasteiger partial charge in [0.15, 0.2) is 5.65 Å². The van der Waals surface area contributed by atoms with Crippen molar-refractivity contribution in [1.82, 2.24) is 19.5 Å². The van der Waals surface area contributed by atoms with E-state index in [4.69, 9.17) is 11.6 Å². The fourth-order valence-corrected chi connectivity index (χ4v) is 2.48. The van der Waals surface area contributed by atoms with E-state index < -0.39 is 11.2 Å². The van der Waals surface area contributed by atoms with Gasteiger partial charge in [-0.25, -0.2) is 9.78 Å². The number of hydrogen-bond donors (Lipinski definition) is 2. The Kier molecular flexibility index (Phi) is 3.39. The van der Waals surface area contributed by atoms with E-state index in [1.54, 1.807) is 12.1 Å². The van der Waals surface area contributed by atoms with E-state index in [1.165, 1.54) is 4.57 Å². The maximum atomic E-state index is 11.9. The molecule has 21 heavy (non-hydrogen) atoms. The highest BCUT2D eigenvalue weighted by atomic mass is 35.5. The molecule has 0 aliphatic heterocycles. The Morgan fingerprint density at radius 3 is 2.71 bits per heavy atom. The molecule has 0 fully saturated rings. The summed E-state index contributed by atoms with van der Waals surface area (Å²) < 4.78 is 1.45. The molecule has 0 amide bonds. The van der Waals surface area contributed by atoms with Crippen molar-refractivity contribution in [3.05, 3.63) is 50.1 Å². The third-order valence-corrected chi connectivity index (χ3v) is 3.54. The number of nitrogens with one attached hydrogen (secondary N) is 2. The van der Waals surface area contributed by atoms with E-state index >= 15 is 0 Å². The molecule has 7 heteroatoms. The number of imidazole rings is 1. The fraction of sp³-hybridized carbons (Fsp3) is 0.214. The van der Waals surface area contributed by atoms with Crippen LogP contribution in [0.25, 0.3) is 22.6 Å². The molecule has 0 saturated heterocycles. The van der Waals surface area contributed by atoms with Crippen LogP contribution in [0.4, 0.5) is 0 Å². The minimum atomic E-state index is -0.479. The van der Waals surface area contributed by atoms with Gasteiger partial charge in [-0.3, -0.25) is 14.3 Å². The molecule has 2 aromatic heterocycles. The molecule has 3 rings (SSSR count). The first-order chi connectivity index (χ1) is 10.1. The van der Waals surface area contributed by atoms with E-state index in [9.17, 15) is 9.59 Å². The highest BCUT2D eigenvalue weighted by Gasteiger charge is 2.14. The first-order valence-electron chi connectivity index (χ1n) is 6.59. The van der Waals surface area contributed by atoms with Crippen LogP contribution in [0.5, 0.6) is 0 Å². The van der Waals surface area contributed by atoms with Crippen molar-refractivity contribution in [2.24, 2.45) is 0 Å². The van der Waals surface area contributed by atoms with Gasteiger partial charge in [0, 0.05) is 12.1 Å². The van der Waals surface area contributed by atoms with Crippen molar-refractivity contribution in [3.8, 4) is 11.4 Å². The summed E-state index contributed by atoms with van der Waals surface area (Å²) in [6.45, 7) is 2.43. The molecule has 0 spiro atoms. The lowest BCUT2D eigenvalue weighted by Gasteiger charge is -2.02. The average molecular weight is 305 g/mol. The largest absolute Gasteiger partial charge is 0.332 e. The summed E-state index contributed by atoms with van der Waals surface area (Å²) >= 11 is 6.14. The lowest BCUT2D eigenvalue weighted by atomic mass is 10.2. The predicted molar refractivity (Wildman–Crippen MR) is 81.7 cm³/mol. The Morgan fingerprint density at radius 1 is 1.24 bits per heavy atom. The standard InChI is InChI=1S/C14H13ClN4O2/c1-2-7-19-12-10(13(20)18-14(19)21)16-11(17-12)8-5-3-4-6-9(8)15/h3-6H,2,7H2,1H3,(H,16,17)(H,18,20,21). The zero-order chi connectivity index (χ0) is 15.0. The number of aromatic nitrogens is 4. The Bertz CT molecular complexity index is 923. The molecule has 0 aliphatic carbocycles. The number of H-pyrrole nitrogens is 2. The third kappa shape index (κ3) is 2.27. The van der Waals surface area contributed by atoms with Gasteiger partial charge in [-0.15, -0.1) is 0 Å².